The van der Waals surface area contributed by atoms with E-state index in [0.717, 1.165) is 38.9 Å². The van der Waals surface area contributed by atoms with E-state index in [9.17, 15) is 0 Å². The predicted molar refractivity (Wildman–Crippen MR) is 57.2 cm³/mol. The molecule has 0 unspecified atom stereocenters. The number of unbranched alkanes of at least 4 members (excludes halogenated alkanes) is 2. The number of ether oxygens (including phenoxy) is 2. The summed E-state index contributed by atoms with van der Waals surface area (Å²) < 4.78 is 16.1. The Labute approximate surface area is 102 Å². The number of hydrogen-bond acceptors (Lipinski definition) is 3. The van der Waals surface area contributed by atoms with Crippen molar-refractivity contribution in [2.45, 2.75) is 45.8 Å². The maximum atomic E-state index is 5.53. The molecule has 0 bridgehead atoms. The first-order valence-corrected chi connectivity index (χ1v) is 6.38. The predicted octanol–water partition coefficient (Wildman–Crippen LogP) is 2.05. The zero-order valence-electron chi connectivity index (χ0n) is 9.20. The molecule has 0 aromatic carbocycles. The van der Waals surface area contributed by atoms with Gasteiger partial charge < -0.3 is 0 Å². The van der Waals surface area contributed by atoms with Crippen LogP contribution in [0.5, 0.6) is 0 Å². The molecule has 14 heavy (non-hydrogen) atoms. The van der Waals surface area contributed by atoms with Crippen LogP contribution in [-0.4, -0.2) is 49.6 Å². The Morgan fingerprint density at radius 2 is 1.50 bits per heavy atom. The van der Waals surface area contributed by atoms with Gasteiger partial charge in [0.15, 0.2) is 0 Å². The van der Waals surface area contributed by atoms with E-state index < -0.39 is 0 Å². The standard InChI is InChI=1S/C10H21O3.Sb/c1-3-5-7-12-10(9-11)13-8-6-4-2;/h10H,3-9H2,1-2H3;/q-1;+1. The molecule has 4 heteroatoms. The fourth-order valence-corrected chi connectivity index (χ4v) is 1.27. The Bertz CT molecular complexity index is 102. The van der Waals surface area contributed by atoms with Crippen molar-refractivity contribution in [3.8, 4) is 0 Å². The Kier molecular flexibility index (Phi) is 12.4. The van der Waals surface area contributed by atoms with Crippen molar-refractivity contribution >= 4 is 23.4 Å². The van der Waals surface area contributed by atoms with E-state index in [0.29, 0.717) is 6.61 Å². The van der Waals surface area contributed by atoms with Crippen LogP contribution < -0.4 is 0 Å². The Morgan fingerprint density at radius 1 is 1.00 bits per heavy atom. The Balaban J connectivity index is 3.44. The maximum absolute atomic E-state index is 5.53. The average molecular weight is 311 g/mol. The summed E-state index contributed by atoms with van der Waals surface area (Å²) in [6, 6.07) is 0. The molecular formula is C10H21O3Sb. The van der Waals surface area contributed by atoms with Crippen LogP contribution in [-0.2, 0) is 12.5 Å². The normalized spacial score (nSPS) is 11.1. The van der Waals surface area contributed by atoms with E-state index in [-0.39, 0.29) is 6.29 Å². The van der Waals surface area contributed by atoms with Gasteiger partial charge in [0.2, 0.25) is 0 Å². The Morgan fingerprint density at radius 3 is 1.86 bits per heavy atom. The quantitative estimate of drug-likeness (QED) is 0.351. The van der Waals surface area contributed by atoms with Crippen LogP contribution in [0, 0.1) is 0 Å². The third-order valence-electron chi connectivity index (χ3n) is 1.81. The first-order valence-electron chi connectivity index (χ1n) is 5.34. The second-order valence-corrected chi connectivity index (χ2v) is 3.91. The topological polar surface area (TPSA) is 27.7 Å². The van der Waals surface area contributed by atoms with E-state index in [1.54, 1.807) is 0 Å². The molecule has 3 nitrogen and oxygen atoms in total. The van der Waals surface area contributed by atoms with Crippen molar-refractivity contribution in [2.75, 3.05) is 19.8 Å². The van der Waals surface area contributed by atoms with Crippen LogP contribution in [0.25, 0.3) is 0 Å². The Hall–Kier alpha value is 0.698. The summed E-state index contributed by atoms with van der Waals surface area (Å²) in [7, 11) is 0. The summed E-state index contributed by atoms with van der Waals surface area (Å²) in [4.78, 5) is 0. The zero-order valence-corrected chi connectivity index (χ0v) is 11.8. The van der Waals surface area contributed by atoms with Crippen molar-refractivity contribution in [2.24, 2.45) is 0 Å². The van der Waals surface area contributed by atoms with Gasteiger partial charge in [-0.05, 0) is 0 Å². The molecule has 0 saturated carbocycles. The third-order valence-corrected chi connectivity index (χ3v) is 2.24. The molecule has 0 aliphatic heterocycles. The van der Waals surface area contributed by atoms with Crippen LogP contribution in [0.3, 0.4) is 0 Å². The zero-order chi connectivity index (χ0) is 10.6. The molecule has 0 saturated heterocycles. The summed E-state index contributed by atoms with van der Waals surface area (Å²) >= 11 is 1.33. The van der Waals surface area contributed by atoms with Crippen LogP contribution in [0.4, 0.5) is 0 Å². The fraction of sp³-hybridized carbons (Fsp3) is 1.00. The number of hydrogen-bond donors (Lipinski definition) is 0. The molecule has 0 heterocycles. The van der Waals surface area contributed by atoms with Gasteiger partial charge >= 0.3 is 102 Å². The van der Waals surface area contributed by atoms with Gasteiger partial charge in [-0.2, -0.15) is 0 Å². The summed E-state index contributed by atoms with van der Waals surface area (Å²) in [5.41, 5.74) is 0. The summed E-state index contributed by atoms with van der Waals surface area (Å²) in [5, 5.41) is 0. The van der Waals surface area contributed by atoms with E-state index >= 15 is 0 Å². The van der Waals surface area contributed by atoms with Crippen molar-refractivity contribution in [1.29, 1.82) is 0 Å². The van der Waals surface area contributed by atoms with E-state index in [1.165, 1.54) is 23.4 Å². The summed E-state index contributed by atoms with van der Waals surface area (Å²) in [6.07, 6.45) is 4.30. The summed E-state index contributed by atoms with van der Waals surface area (Å²) in [6.45, 7) is 6.37. The van der Waals surface area contributed by atoms with Gasteiger partial charge in [0.25, 0.3) is 0 Å². The monoisotopic (exact) mass is 310 g/mol. The average Bonchev–Trinajstić information content (AvgIpc) is 2.18. The molecule has 0 spiro atoms. The molecule has 2 radical (unpaired) electrons. The molecule has 0 fully saturated rings. The van der Waals surface area contributed by atoms with E-state index in [1.807, 2.05) is 0 Å². The van der Waals surface area contributed by atoms with Crippen molar-refractivity contribution in [3.05, 3.63) is 0 Å². The molecule has 0 amide bonds. The first kappa shape index (κ1) is 14.7. The van der Waals surface area contributed by atoms with Crippen molar-refractivity contribution < 1.29 is 12.5 Å². The fourth-order valence-electron chi connectivity index (χ4n) is 0.923. The molecule has 0 aromatic rings. The van der Waals surface area contributed by atoms with Crippen molar-refractivity contribution in [3.63, 3.8) is 0 Å². The van der Waals surface area contributed by atoms with E-state index in [4.69, 9.17) is 12.5 Å². The molecule has 0 rings (SSSR count). The van der Waals surface area contributed by atoms with Gasteiger partial charge in [-0.3, -0.25) is 0 Å². The van der Waals surface area contributed by atoms with Crippen LogP contribution in [0.1, 0.15) is 39.5 Å². The van der Waals surface area contributed by atoms with Crippen molar-refractivity contribution in [1.82, 2.24) is 0 Å². The minimum atomic E-state index is -0.170. The van der Waals surface area contributed by atoms with Gasteiger partial charge in [-0.1, -0.05) is 0 Å². The van der Waals surface area contributed by atoms with Gasteiger partial charge in [-0.25, -0.2) is 0 Å². The molecule has 84 valence electrons. The third kappa shape index (κ3) is 9.26. The van der Waals surface area contributed by atoms with Crippen LogP contribution >= 0.6 is 0 Å². The molecule has 0 atom stereocenters. The van der Waals surface area contributed by atoms with Crippen LogP contribution in [0.15, 0.2) is 0 Å². The minimum absolute atomic E-state index is 0.170. The van der Waals surface area contributed by atoms with Crippen LogP contribution in [0.2, 0.25) is 0 Å². The number of rotatable bonds is 10. The van der Waals surface area contributed by atoms with Gasteiger partial charge in [0.1, 0.15) is 0 Å². The van der Waals surface area contributed by atoms with Gasteiger partial charge in [0.05, 0.1) is 0 Å². The first-order chi connectivity index (χ1) is 6.85. The molecule has 0 aromatic heterocycles. The van der Waals surface area contributed by atoms with Gasteiger partial charge in [-0.15, -0.1) is 0 Å². The summed E-state index contributed by atoms with van der Waals surface area (Å²) in [5.74, 6) is 0. The molecule has 0 aliphatic carbocycles. The SMILES string of the molecule is CCCCOC(C[O][Sb])OCCCC. The molecule has 0 N–H and O–H groups in total. The molecule has 0 aliphatic rings. The van der Waals surface area contributed by atoms with E-state index in [2.05, 4.69) is 13.8 Å². The second kappa shape index (κ2) is 11.8. The van der Waals surface area contributed by atoms with Gasteiger partial charge in [0, 0.05) is 0 Å². The molecular weight excluding hydrogens is 290 g/mol. The second-order valence-electron chi connectivity index (χ2n) is 3.17.